The summed E-state index contributed by atoms with van der Waals surface area (Å²) >= 11 is 0.562. The van der Waals surface area contributed by atoms with Gasteiger partial charge in [-0.1, -0.05) is 0 Å². The minimum absolute atomic E-state index is 0.373. The van der Waals surface area contributed by atoms with Crippen LogP contribution in [0.3, 0.4) is 0 Å². The molecule has 0 saturated carbocycles. The average Bonchev–Trinajstić information content (AvgIpc) is 2.99. The van der Waals surface area contributed by atoms with Crippen LogP contribution in [0.4, 0.5) is 0 Å². The molecule has 198 valence electrons. The standard InChI is InChI=1S/C20H31N2O11PS/c1-11(2)32-18(27)12(3)21-34(29,35-10-16(25)30-5)31-9-14-17(26)20(4,28)19(33-14)22-7-6-13(23)8-15(22)24/h6-7,11-12,14,17,19,26,28H,8-10H2,1-5H3,(H,21,29)/t12?,14-,17-,19-,20-,34?/m1/s1. The first-order valence-electron chi connectivity index (χ1n) is 10.7. The Hall–Kier alpha value is -1.80. The second kappa shape index (κ2) is 12.0. The first-order valence-corrected chi connectivity index (χ1v) is 13.9. The van der Waals surface area contributed by atoms with Crippen LogP contribution >= 0.6 is 18.1 Å². The summed E-state index contributed by atoms with van der Waals surface area (Å²) in [5.41, 5.74) is -1.96. The van der Waals surface area contributed by atoms with E-state index in [-0.39, 0.29) is 5.75 Å². The van der Waals surface area contributed by atoms with Gasteiger partial charge in [-0.3, -0.25) is 28.6 Å². The topological polar surface area (TPSA) is 178 Å². The SMILES string of the molecule is COC(=O)CSP(=O)(NC(C)C(=O)OC(C)C)OC[C@H]1O[C@@H](N2C=CC(=O)CC2=O)[C@](C)(O)[C@@H]1O. The highest BCUT2D eigenvalue weighted by atomic mass is 32.7. The van der Waals surface area contributed by atoms with E-state index in [1.807, 2.05) is 0 Å². The average molecular weight is 539 g/mol. The van der Waals surface area contributed by atoms with Crippen LogP contribution in [0.5, 0.6) is 0 Å². The van der Waals surface area contributed by atoms with Gasteiger partial charge in [-0.25, -0.2) is 5.09 Å². The van der Waals surface area contributed by atoms with Gasteiger partial charge >= 0.3 is 18.7 Å². The molecular formula is C20H31N2O11PS. The number of hydrogen-bond donors (Lipinski definition) is 3. The summed E-state index contributed by atoms with van der Waals surface area (Å²) < 4.78 is 34.2. The van der Waals surface area contributed by atoms with Crippen molar-refractivity contribution in [1.82, 2.24) is 9.99 Å². The molecule has 3 N–H and O–H groups in total. The van der Waals surface area contributed by atoms with E-state index in [2.05, 4.69) is 9.82 Å². The lowest BCUT2D eigenvalue weighted by atomic mass is 9.95. The molecule has 0 aromatic heterocycles. The number of methoxy groups -OCH3 is 1. The third-order valence-corrected chi connectivity index (χ3v) is 9.02. The fraction of sp³-hybridized carbons (Fsp3) is 0.700. The van der Waals surface area contributed by atoms with E-state index >= 15 is 0 Å². The predicted molar refractivity (Wildman–Crippen MR) is 123 cm³/mol. The maximum atomic E-state index is 13.4. The van der Waals surface area contributed by atoms with Gasteiger partial charge in [0.25, 0.3) is 0 Å². The highest BCUT2D eigenvalue weighted by Crippen LogP contribution is 2.56. The third kappa shape index (κ3) is 7.59. The molecule has 2 aliphatic rings. The summed E-state index contributed by atoms with van der Waals surface area (Å²) in [5, 5.41) is 24.0. The summed E-state index contributed by atoms with van der Waals surface area (Å²) in [4.78, 5) is 48.5. The van der Waals surface area contributed by atoms with E-state index in [0.717, 1.165) is 24.3 Å². The van der Waals surface area contributed by atoms with Crippen molar-refractivity contribution in [1.29, 1.82) is 0 Å². The molecule has 35 heavy (non-hydrogen) atoms. The second-order valence-electron chi connectivity index (χ2n) is 8.44. The van der Waals surface area contributed by atoms with E-state index in [1.54, 1.807) is 13.8 Å². The summed E-state index contributed by atoms with van der Waals surface area (Å²) in [6.45, 7) is 1.41. The molecule has 1 fully saturated rings. The molecule has 1 saturated heterocycles. The van der Waals surface area contributed by atoms with Crippen molar-refractivity contribution in [2.24, 2.45) is 0 Å². The zero-order valence-corrected chi connectivity index (χ0v) is 21.7. The summed E-state index contributed by atoms with van der Waals surface area (Å²) in [6.07, 6.45) is -2.71. The van der Waals surface area contributed by atoms with Gasteiger partial charge in [-0.15, -0.1) is 0 Å². The quantitative estimate of drug-likeness (QED) is 0.183. The first kappa shape index (κ1) is 29.4. The highest BCUT2D eigenvalue weighted by molar-refractivity contribution is 8.56. The number of carbonyl (C=O) groups is 4. The predicted octanol–water partition coefficient (Wildman–Crippen LogP) is 0.0989. The number of aliphatic hydroxyl groups excluding tert-OH is 1. The summed E-state index contributed by atoms with van der Waals surface area (Å²) in [6, 6.07) is -1.08. The van der Waals surface area contributed by atoms with Crippen molar-refractivity contribution in [3.63, 3.8) is 0 Å². The number of esters is 2. The lowest BCUT2D eigenvalue weighted by Crippen LogP contribution is -2.54. The number of rotatable bonds is 11. The van der Waals surface area contributed by atoms with Crippen molar-refractivity contribution in [2.75, 3.05) is 19.5 Å². The number of nitrogens with one attached hydrogen (secondary N) is 1. The van der Waals surface area contributed by atoms with E-state index in [9.17, 15) is 34.0 Å². The van der Waals surface area contributed by atoms with E-state index in [1.165, 1.54) is 13.8 Å². The van der Waals surface area contributed by atoms with Gasteiger partial charge in [0.2, 0.25) is 5.91 Å². The molecule has 15 heteroatoms. The Morgan fingerprint density at radius 2 is 2.03 bits per heavy atom. The van der Waals surface area contributed by atoms with E-state index in [0.29, 0.717) is 11.4 Å². The number of amides is 1. The molecule has 0 radical (unpaired) electrons. The number of nitrogens with zero attached hydrogens (tertiary/aromatic N) is 1. The Labute approximate surface area is 206 Å². The molecule has 0 bridgehead atoms. The Morgan fingerprint density at radius 1 is 1.37 bits per heavy atom. The van der Waals surface area contributed by atoms with Crippen molar-refractivity contribution in [2.45, 2.75) is 70.3 Å². The number of allylic oxidation sites excluding steroid dienone is 1. The fourth-order valence-corrected chi connectivity index (χ4v) is 6.71. The molecule has 2 unspecified atom stereocenters. The van der Waals surface area contributed by atoms with Crippen molar-refractivity contribution < 1.29 is 52.7 Å². The number of ketones is 1. The van der Waals surface area contributed by atoms with E-state index < -0.39 is 79.6 Å². The van der Waals surface area contributed by atoms with Crippen LogP contribution in [-0.4, -0.2) is 94.4 Å². The van der Waals surface area contributed by atoms with Crippen LogP contribution in [0, 0.1) is 0 Å². The number of ether oxygens (including phenoxy) is 3. The van der Waals surface area contributed by atoms with Crippen molar-refractivity contribution >= 4 is 41.7 Å². The van der Waals surface area contributed by atoms with Crippen molar-refractivity contribution in [3.05, 3.63) is 12.3 Å². The molecule has 2 aliphatic heterocycles. The molecule has 2 rings (SSSR count). The maximum absolute atomic E-state index is 13.4. The molecule has 0 aliphatic carbocycles. The monoisotopic (exact) mass is 538 g/mol. The van der Waals surface area contributed by atoms with Gasteiger partial charge in [0, 0.05) is 6.20 Å². The first-order chi connectivity index (χ1) is 16.2. The number of hydrogen-bond acceptors (Lipinski definition) is 12. The zero-order valence-electron chi connectivity index (χ0n) is 20.0. The zero-order chi connectivity index (χ0) is 26.6. The minimum atomic E-state index is -3.98. The number of aliphatic hydroxyl groups is 2. The van der Waals surface area contributed by atoms with Gasteiger partial charge in [-0.2, -0.15) is 0 Å². The fourth-order valence-electron chi connectivity index (χ4n) is 3.24. The lowest BCUT2D eigenvalue weighted by Gasteiger charge is -2.34. The molecule has 2 heterocycles. The van der Waals surface area contributed by atoms with Gasteiger partial charge in [-0.05, 0) is 45.2 Å². The van der Waals surface area contributed by atoms with Crippen LogP contribution < -0.4 is 5.09 Å². The molecule has 6 atom stereocenters. The summed E-state index contributed by atoms with van der Waals surface area (Å²) in [5.74, 6) is -2.81. The Morgan fingerprint density at radius 3 is 2.60 bits per heavy atom. The molecular weight excluding hydrogens is 507 g/mol. The van der Waals surface area contributed by atoms with Crippen LogP contribution in [-0.2, 0) is 42.5 Å². The molecule has 0 spiro atoms. The summed E-state index contributed by atoms with van der Waals surface area (Å²) in [7, 11) is 1.15. The van der Waals surface area contributed by atoms with Crippen LogP contribution in [0.1, 0.15) is 34.1 Å². The number of carbonyl (C=O) groups excluding carboxylic acids is 4. The molecule has 0 aromatic carbocycles. The van der Waals surface area contributed by atoms with Crippen LogP contribution in [0.25, 0.3) is 0 Å². The Bertz CT molecular complexity index is 910. The highest BCUT2D eigenvalue weighted by Gasteiger charge is 2.56. The van der Waals surface area contributed by atoms with Gasteiger partial charge in [0.05, 0.1) is 26.2 Å². The molecule has 1 amide bonds. The van der Waals surface area contributed by atoms with Gasteiger partial charge in [0.15, 0.2) is 12.0 Å². The smallest absolute Gasteiger partial charge is 0.327 e. The third-order valence-electron chi connectivity index (χ3n) is 5.09. The minimum Gasteiger partial charge on any atom is -0.468 e. The molecule has 13 nitrogen and oxygen atoms in total. The van der Waals surface area contributed by atoms with Crippen molar-refractivity contribution in [3.8, 4) is 0 Å². The van der Waals surface area contributed by atoms with Crippen LogP contribution in [0.15, 0.2) is 12.3 Å². The normalized spacial score (nSPS) is 29.3. The lowest BCUT2D eigenvalue weighted by molar-refractivity contribution is -0.158. The van der Waals surface area contributed by atoms with Gasteiger partial charge < -0.3 is 28.9 Å². The maximum Gasteiger partial charge on any atom is 0.327 e. The Kier molecular flexibility index (Phi) is 10.1. The largest absolute Gasteiger partial charge is 0.468 e. The second-order valence-corrected chi connectivity index (χ2v) is 12.7. The van der Waals surface area contributed by atoms with Gasteiger partial charge in [0.1, 0.15) is 29.6 Å². The van der Waals surface area contributed by atoms with Crippen LogP contribution in [0.2, 0.25) is 0 Å². The van der Waals surface area contributed by atoms with E-state index in [4.69, 9.17) is 14.0 Å². The molecule has 0 aromatic rings. The Balaban J connectivity index is 2.15.